The molecule has 1 aliphatic rings. The number of aryl methyl sites for hydroxylation is 2. The summed E-state index contributed by atoms with van der Waals surface area (Å²) in [6, 6.07) is 0. The Balaban J connectivity index is 1.93. The van der Waals surface area contributed by atoms with Crippen LogP contribution in [0.5, 0.6) is 0 Å². The number of aromatic nitrogens is 1. The third-order valence-electron chi connectivity index (χ3n) is 3.50. The Morgan fingerprint density at radius 3 is 2.47 bits per heavy atom. The van der Waals surface area contributed by atoms with Crippen molar-refractivity contribution in [3.63, 3.8) is 0 Å². The van der Waals surface area contributed by atoms with Gasteiger partial charge >= 0.3 is 0 Å². The summed E-state index contributed by atoms with van der Waals surface area (Å²) >= 11 is 1.85. The highest BCUT2D eigenvalue weighted by molar-refractivity contribution is 7.11. The lowest BCUT2D eigenvalue weighted by atomic mass is 10.3. The maximum Gasteiger partial charge on any atom is 0.0900 e. The van der Waals surface area contributed by atoms with E-state index in [0.717, 1.165) is 6.54 Å². The van der Waals surface area contributed by atoms with E-state index >= 15 is 0 Å². The molecule has 0 unspecified atom stereocenters. The molecule has 17 heavy (non-hydrogen) atoms. The lowest BCUT2D eigenvalue weighted by molar-refractivity contribution is 0.258. The summed E-state index contributed by atoms with van der Waals surface area (Å²) in [6.45, 7) is 13.7. The van der Waals surface area contributed by atoms with E-state index in [4.69, 9.17) is 0 Å². The predicted molar refractivity (Wildman–Crippen MR) is 73.6 cm³/mol. The second kappa shape index (κ2) is 5.94. The van der Waals surface area contributed by atoms with E-state index in [2.05, 4.69) is 35.6 Å². The number of nitrogens with zero attached hydrogens (tertiary/aromatic N) is 3. The van der Waals surface area contributed by atoms with Crippen LogP contribution in [0.25, 0.3) is 0 Å². The third kappa shape index (κ3) is 3.50. The molecule has 1 aliphatic heterocycles. The summed E-state index contributed by atoms with van der Waals surface area (Å²) in [4.78, 5) is 11.1. The van der Waals surface area contributed by atoms with Crippen LogP contribution in [0.4, 0.5) is 0 Å². The Morgan fingerprint density at radius 2 is 1.82 bits per heavy atom. The minimum absolute atomic E-state index is 1.09. The van der Waals surface area contributed by atoms with Crippen molar-refractivity contribution < 1.29 is 0 Å². The van der Waals surface area contributed by atoms with Gasteiger partial charge in [0.25, 0.3) is 0 Å². The van der Waals surface area contributed by atoms with Gasteiger partial charge in [-0.2, -0.15) is 0 Å². The normalized spacial score (nSPS) is 19.5. The highest BCUT2D eigenvalue weighted by atomic mass is 32.1. The van der Waals surface area contributed by atoms with Gasteiger partial charge in [-0.3, -0.25) is 4.90 Å². The van der Waals surface area contributed by atoms with Crippen LogP contribution in [-0.2, 0) is 6.54 Å². The van der Waals surface area contributed by atoms with Crippen LogP contribution < -0.4 is 0 Å². The fourth-order valence-corrected chi connectivity index (χ4v) is 3.40. The number of hydrogen-bond donors (Lipinski definition) is 0. The van der Waals surface area contributed by atoms with Gasteiger partial charge < -0.3 is 4.90 Å². The molecule has 0 bridgehead atoms. The van der Waals surface area contributed by atoms with Gasteiger partial charge in [0, 0.05) is 24.5 Å². The Labute approximate surface area is 108 Å². The molecule has 0 saturated carbocycles. The van der Waals surface area contributed by atoms with E-state index in [-0.39, 0.29) is 0 Å². The molecule has 1 aromatic heterocycles. The van der Waals surface area contributed by atoms with E-state index in [1.165, 1.54) is 54.7 Å². The summed E-state index contributed by atoms with van der Waals surface area (Å²) in [5.41, 5.74) is 1.23. The lowest BCUT2D eigenvalue weighted by Gasteiger charge is -2.20. The molecule has 0 atom stereocenters. The molecule has 0 N–H and O–H groups in total. The quantitative estimate of drug-likeness (QED) is 0.824. The molecule has 0 radical (unpaired) electrons. The van der Waals surface area contributed by atoms with E-state index in [9.17, 15) is 0 Å². The molecule has 0 amide bonds. The van der Waals surface area contributed by atoms with Crippen LogP contribution in [0.3, 0.4) is 0 Å². The summed E-state index contributed by atoms with van der Waals surface area (Å²) < 4.78 is 0. The van der Waals surface area contributed by atoms with E-state index < -0.39 is 0 Å². The Morgan fingerprint density at radius 1 is 1.12 bits per heavy atom. The fourth-order valence-electron chi connectivity index (χ4n) is 2.42. The summed E-state index contributed by atoms with van der Waals surface area (Å²) in [7, 11) is 0. The molecule has 0 aromatic carbocycles. The first-order chi connectivity index (χ1) is 8.19. The number of rotatable bonds is 3. The van der Waals surface area contributed by atoms with Gasteiger partial charge in [-0.1, -0.05) is 6.92 Å². The van der Waals surface area contributed by atoms with Crippen molar-refractivity contribution in [1.82, 2.24) is 14.8 Å². The summed E-state index contributed by atoms with van der Waals surface area (Å²) in [5, 5.41) is 1.20. The highest BCUT2D eigenvalue weighted by Gasteiger charge is 2.15. The molecular formula is C13H23N3S. The molecule has 1 fully saturated rings. The van der Waals surface area contributed by atoms with E-state index in [1.54, 1.807) is 0 Å². The molecule has 2 heterocycles. The average Bonchev–Trinajstić information content (AvgIpc) is 2.53. The second-order valence-electron chi connectivity index (χ2n) is 4.81. The third-order valence-corrected chi connectivity index (χ3v) is 4.55. The van der Waals surface area contributed by atoms with Crippen molar-refractivity contribution in [2.75, 3.05) is 32.7 Å². The van der Waals surface area contributed by atoms with Gasteiger partial charge in [0.15, 0.2) is 0 Å². The van der Waals surface area contributed by atoms with E-state index in [1.807, 2.05) is 11.3 Å². The van der Waals surface area contributed by atoms with Crippen LogP contribution in [0.1, 0.15) is 28.9 Å². The first-order valence-corrected chi connectivity index (χ1v) is 7.38. The van der Waals surface area contributed by atoms with E-state index in [0.29, 0.717) is 0 Å². The summed E-state index contributed by atoms with van der Waals surface area (Å²) in [5.74, 6) is 0. The first-order valence-electron chi connectivity index (χ1n) is 6.56. The number of thiazole rings is 1. The van der Waals surface area contributed by atoms with Gasteiger partial charge in [0.1, 0.15) is 0 Å². The number of likely N-dealkylation sites (N-methyl/N-ethyl adjacent to an activating group) is 1. The smallest absolute Gasteiger partial charge is 0.0900 e. The zero-order chi connectivity index (χ0) is 12.3. The van der Waals surface area contributed by atoms with Crippen molar-refractivity contribution >= 4 is 11.3 Å². The summed E-state index contributed by atoms with van der Waals surface area (Å²) in [6.07, 6.45) is 1.30. The zero-order valence-corrected chi connectivity index (χ0v) is 12.0. The molecule has 1 aromatic rings. The molecule has 96 valence electrons. The standard InChI is InChI=1S/C13H23N3S/c1-4-15-6-5-7-16(9-8-15)10-13-11(2)14-12(3)17-13/h4-10H2,1-3H3. The topological polar surface area (TPSA) is 19.4 Å². The Bertz CT molecular complexity index is 362. The van der Waals surface area contributed by atoms with Crippen molar-refractivity contribution in [2.45, 2.75) is 33.7 Å². The largest absolute Gasteiger partial charge is 0.302 e. The van der Waals surface area contributed by atoms with Gasteiger partial charge in [0.05, 0.1) is 10.7 Å². The molecule has 1 saturated heterocycles. The van der Waals surface area contributed by atoms with Crippen molar-refractivity contribution in [3.8, 4) is 0 Å². The first kappa shape index (κ1) is 13.0. The Hall–Kier alpha value is -0.450. The van der Waals surface area contributed by atoms with Gasteiger partial charge in [-0.25, -0.2) is 4.98 Å². The van der Waals surface area contributed by atoms with Crippen LogP contribution in [0.2, 0.25) is 0 Å². The maximum absolute atomic E-state index is 4.51. The average molecular weight is 253 g/mol. The fraction of sp³-hybridized carbons (Fsp3) is 0.769. The molecule has 4 heteroatoms. The van der Waals surface area contributed by atoms with Crippen molar-refractivity contribution in [2.24, 2.45) is 0 Å². The zero-order valence-electron chi connectivity index (χ0n) is 11.2. The SMILES string of the molecule is CCN1CCCN(Cc2sc(C)nc2C)CC1. The van der Waals surface area contributed by atoms with Crippen molar-refractivity contribution in [1.29, 1.82) is 0 Å². The van der Waals surface area contributed by atoms with Crippen molar-refractivity contribution in [3.05, 3.63) is 15.6 Å². The maximum atomic E-state index is 4.51. The Kier molecular flexibility index (Phi) is 4.54. The molecule has 3 nitrogen and oxygen atoms in total. The van der Waals surface area contributed by atoms with Gasteiger partial charge in [-0.05, 0) is 39.9 Å². The molecule has 0 spiro atoms. The van der Waals surface area contributed by atoms with Crippen LogP contribution >= 0.6 is 11.3 Å². The number of hydrogen-bond acceptors (Lipinski definition) is 4. The van der Waals surface area contributed by atoms with Crippen LogP contribution in [0, 0.1) is 13.8 Å². The monoisotopic (exact) mass is 253 g/mol. The minimum Gasteiger partial charge on any atom is -0.302 e. The lowest BCUT2D eigenvalue weighted by Crippen LogP contribution is -2.30. The molecule has 2 rings (SSSR count). The highest BCUT2D eigenvalue weighted by Crippen LogP contribution is 2.19. The van der Waals surface area contributed by atoms with Gasteiger partial charge in [-0.15, -0.1) is 11.3 Å². The van der Waals surface area contributed by atoms with Crippen LogP contribution in [-0.4, -0.2) is 47.5 Å². The van der Waals surface area contributed by atoms with Gasteiger partial charge in [0.2, 0.25) is 0 Å². The molecular weight excluding hydrogens is 230 g/mol. The predicted octanol–water partition coefficient (Wildman–Crippen LogP) is 2.29. The van der Waals surface area contributed by atoms with Crippen LogP contribution in [0.15, 0.2) is 0 Å². The molecule has 0 aliphatic carbocycles. The second-order valence-corrected chi connectivity index (χ2v) is 6.09. The minimum atomic E-state index is 1.09.